The van der Waals surface area contributed by atoms with Crippen LogP contribution in [0.5, 0.6) is 5.75 Å². The summed E-state index contributed by atoms with van der Waals surface area (Å²) in [6, 6.07) is 7.84. The van der Waals surface area contributed by atoms with Crippen molar-refractivity contribution in [2.24, 2.45) is 5.92 Å². The van der Waals surface area contributed by atoms with Crippen molar-refractivity contribution >= 4 is 30.1 Å². The Labute approximate surface area is 136 Å². The third-order valence-electron chi connectivity index (χ3n) is 2.98. The van der Waals surface area contributed by atoms with Gasteiger partial charge in [-0.05, 0) is 23.6 Å². The van der Waals surface area contributed by atoms with Gasteiger partial charge in [-0.2, -0.15) is 0 Å². The van der Waals surface area contributed by atoms with E-state index in [0.717, 1.165) is 22.9 Å². The summed E-state index contributed by atoms with van der Waals surface area (Å²) in [6.45, 7) is 5.49. The maximum absolute atomic E-state index is 11.9. The first-order valence-electron chi connectivity index (χ1n) is 6.95. The molecule has 2 rings (SSSR count). The van der Waals surface area contributed by atoms with E-state index in [1.54, 1.807) is 11.8 Å². The van der Waals surface area contributed by atoms with Gasteiger partial charge in [0.1, 0.15) is 5.75 Å². The lowest BCUT2D eigenvalue weighted by Gasteiger charge is -2.12. The largest absolute Gasteiger partial charge is 0.493 e. The molecule has 118 valence electrons. The smallest absolute Gasteiger partial charge is 0.238 e. The molecule has 1 aliphatic heterocycles. The van der Waals surface area contributed by atoms with Gasteiger partial charge in [-0.25, -0.2) is 0 Å². The molecule has 0 aromatic heterocycles. The van der Waals surface area contributed by atoms with Gasteiger partial charge in [-0.3, -0.25) is 10.1 Å². The second-order valence-electron chi connectivity index (χ2n) is 5.34. The zero-order chi connectivity index (χ0) is 14.4. The predicted octanol–water partition coefficient (Wildman–Crippen LogP) is 2.42. The molecule has 4 nitrogen and oxygen atoms in total. The summed E-state index contributed by atoms with van der Waals surface area (Å²) in [4.78, 5) is 11.9. The molecule has 1 heterocycles. The summed E-state index contributed by atoms with van der Waals surface area (Å²) in [5.74, 6) is 3.15. The second kappa shape index (κ2) is 9.18. The van der Waals surface area contributed by atoms with E-state index in [2.05, 4.69) is 24.5 Å². The van der Waals surface area contributed by atoms with Crippen LogP contribution in [0.4, 0.5) is 0 Å². The first-order chi connectivity index (χ1) is 9.65. The van der Waals surface area contributed by atoms with Gasteiger partial charge in [-0.1, -0.05) is 26.0 Å². The number of rotatable bonds is 6. The first kappa shape index (κ1) is 18.1. The van der Waals surface area contributed by atoms with Gasteiger partial charge in [0, 0.05) is 18.2 Å². The zero-order valence-electron chi connectivity index (χ0n) is 12.4. The fourth-order valence-corrected chi connectivity index (χ4v) is 2.83. The lowest BCUT2D eigenvalue weighted by molar-refractivity contribution is -0.122. The lowest BCUT2D eigenvalue weighted by Crippen LogP contribution is -2.41. The Morgan fingerprint density at radius 2 is 2.33 bits per heavy atom. The molecule has 2 N–H and O–H groups in total. The van der Waals surface area contributed by atoms with Gasteiger partial charge in [-0.15, -0.1) is 24.2 Å². The molecule has 0 saturated carbocycles. The van der Waals surface area contributed by atoms with Gasteiger partial charge in [0.25, 0.3) is 0 Å². The minimum Gasteiger partial charge on any atom is -0.493 e. The average Bonchev–Trinajstić information content (AvgIpc) is 2.97. The average molecular weight is 331 g/mol. The minimum atomic E-state index is -0.0552. The van der Waals surface area contributed by atoms with E-state index in [9.17, 15) is 4.79 Å². The molecule has 1 aromatic rings. The van der Waals surface area contributed by atoms with Crippen molar-refractivity contribution in [3.8, 4) is 5.75 Å². The van der Waals surface area contributed by atoms with Crippen LogP contribution in [0.15, 0.2) is 24.3 Å². The normalized spacial score (nSPS) is 17.4. The Balaban J connectivity index is 0.00000220. The number of carbonyl (C=O) groups excluding carboxylic acids is 1. The van der Waals surface area contributed by atoms with E-state index in [1.165, 1.54) is 0 Å². The van der Waals surface area contributed by atoms with Gasteiger partial charge >= 0.3 is 0 Å². The monoisotopic (exact) mass is 330 g/mol. The van der Waals surface area contributed by atoms with E-state index < -0.39 is 0 Å². The first-order valence-corrected chi connectivity index (χ1v) is 8.11. The van der Waals surface area contributed by atoms with Gasteiger partial charge in [0.05, 0.1) is 12.6 Å². The number of ether oxygens (including phenoxy) is 1. The fraction of sp³-hybridized carbons (Fsp3) is 0.533. The third kappa shape index (κ3) is 6.16. The number of amides is 1. The van der Waals surface area contributed by atoms with Crippen molar-refractivity contribution < 1.29 is 9.53 Å². The van der Waals surface area contributed by atoms with Crippen LogP contribution in [0, 0.1) is 5.92 Å². The molecule has 1 fully saturated rings. The molecule has 0 radical (unpaired) electrons. The SMILES string of the molecule is CC(C)COc1cccc(CNC(=O)C2CSCN2)c1.Cl. The van der Waals surface area contributed by atoms with Gasteiger partial charge in [0.2, 0.25) is 5.91 Å². The quantitative estimate of drug-likeness (QED) is 0.841. The van der Waals surface area contributed by atoms with Gasteiger partial charge < -0.3 is 10.1 Å². The van der Waals surface area contributed by atoms with E-state index in [-0.39, 0.29) is 24.4 Å². The van der Waals surface area contributed by atoms with E-state index in [1.807, 2.05) is 24.3 Å². The Morgan fingerprint density at radius 1 is 1.52 bits per heavy atom. The predicted molar refractivity (Wildman–Crippen MR) is 90.1 cm³/mol. The molecule has 0 aliphatic carbocycles. The Kier molecular flexibility index (Phi) is 7.93. The summed E-state index contributed by atoms with van der Waals surface area (Å²) in [6.07, 6.45) is 0. The van der Waals surface area contributed by atoms with Crippen molar-refractivity contribution in [3.05, 3.63) is 29.8 Å². The molecule has 1 unspecified atom stereocenters. The summed E-state index contributed by atoms with van der Waals surface area (Å²) < 4.78 is 5.69. The maximum Gasteiger partial charge on any atom is 0.238 e. The Hall–Kier alpha value is -0.910. The summed E-state index contributed by atoms with van der Waals surface area (Å²) >= 11 is 1.75. The lowest BCUT2D eigenvalue weighted by atomic mass is 10.2. The number of halogens is 1. The third-order valence-corrected chi connectivity index (χ3v) is 3.92. The van der Waals surface area contributed by atoms with Crippen molar-refractivity contribution in [2.45, 2.75) is 26.4 Å². The van der Waals surface area contributed by atoms with E-state index in [0.29, 0.717) is 19.1 Å². The van der Waals surface area contributed by atoms with Crippen molar-refractivity contribution in [3.63, 3.8) is 0 Å². The molecular weight excluding hydrogens is 308 g/mol. The van der Waals surface area contributed by atoms with Crippen LogP contribution >= 0.6 is 24.2 Å². The molecule has 1 amide bonds. The Bertz CT molecular complexity index is 451. The molecular formula is C15H23ClN2O2S. The van der Waals surface area contributed by atoms with Crippen LogP contribution in [0.25, 0.3) is 0 Å². The zero-order valence-corrected chi connectivity index (χ0v) is 14.1. The summed E-state index contributed by atoms with van der Waals surface area (Å²) in [5.41, 5.74) is 1.06. The molecule has 1 aromatic carbocycles. The van der Waals surface area contributed by atoms with Crippen LogP contribution < -0.4 is 15.4 Å². The van der Waals surface area contributed by atoms with Crippen LogP contribution in [-0.4, -0.2) is 30.2 Å². The number of hydrogen-bond acceptors (Lipinski definition) is 4. The van der Waals surface area contributed by atoms with Crippen molar-refractivity contribution in [1.82, 2.24) is 10.6 Å². The molecule has 1 saturated heterocycles. The topological polar surface area (TPSA) is 50.4 Å². The number of benzene rings is 1. The van der Waals surface area contributed by atoms with Crippen LogP contribution in [0.2, 0.25) is 0 Å². The number of hydrogen-bond donors (Lipinski definition) is 2. The van der Waals surface area contributed by atoms with Crippen molar-refractivity contribution in [2.75, 3.05) is 18.2 Å². The molecule has 1 atom stereocenters. The Morgan fingerprint density at radius 3 is 3.00 bits per heavy atom. The second-order valence-corrected chi connectivity index (χ2v) is 6.37. The van der Waals surface area contributed by atoms with Gasteiger partial charge in [0.15, 0.2) is 0 Å². The maximum atomic E-state index is 11.9. The molecule has 21 heavy (non-hydrogen) atoms. The standard InChI is InChI=1S/C15H22N2O2S.ClH/c1-11(2)8-19-13-5-3-4-12(6-13)7-16-15(18)14-9-20-10-17-14;/h3-6,11,14,17H,7-10H2,1-2H3,(H,16,18);1H. The van der Waals surface area contributed by atoms with Crippen LogP contribution in [0.1, 0.15) is 19.4 Å². The highest BCUT2D eigenvalue weighted by Gasteiger charge is 2.21. The van der Waals surface area contributed by atoms with Crippen LogP contribution in [-0.2, 0) is 11.3 Å². The number of nitrogens with one attached hydrogen (secondary N) is 2. The highest BCUT2D eigenvalue weighted by Crippen LogP contribution is 2.15. The minimum absolute atomic E-state index is 0. The van der Waals surface area contributed by atoms with E-state index in [4.69, 9.17) is 4.74 Å². The van der Waals surface area contributed by atoms with E-state index >= 15 is 0 Å². The summed E-state index contributed by atoms with van der Waals surface area (Å²) in [5, 5.41) is 6.13. The number of thioether (sulfide) groups is 1. The molecule has 0 spiro atoms. The van der Waals surface area contributed by atoms with Crippen molar-refractivity contribution in [1.29, 1.82) is 0 Å². The highest BCUT2D eigenvalue weighted by molar-refractivity contribution is 7.99. The van der Waals surface area contributed by atoms with Crippen LogP contribution in [0.3, 0.4) is 0 Å². The number of carbonyl (C=O) groups is 1. The molecule has 1 aliphatic rings. The molecule has 0 bridgehead atoms. The fourth-order valence-electron chi connectivity index (χ4n) is 1.88. The highest BCUT2D eigenvalue weighted by atomic mass is 35.5. The molecule has 6 heteroatoms. The summed E-state index contributed by atoms with van der Waals surface area (Å²) in [7, 11) is 0.